The van der Waals surface area contributed by atoms with Crippen LogP contribution in [0.25, 0.3) is 10.9 Å². The number of phenols is 2. The number of aromatic hydroxyl groups is 2. The average molecular weight is 324 g/mol. The van der Waals surface area contributed by atoms with E-state index in [-0.39, 0.29) is 23.3 Å². The van der Waals surface area contributed by atoms with Crippen molar-refractivity contribution >= 4 is 22.5 Å². The van der Waals surface area contributed by atoms with Gasteiger partial charge in [-0.15, -0.1) is 0 Å². The molecule has 0 aliphatic rings. The number of nitrogen functional groups attached to an aromatic ring is 1. The maximum atomic E-state index is 12.9. The molecule has 3 aromatic rings. The van der Waals surface area contributed by atoms with Gasteiger partial charge < -0.3 is 15.9 Å². The molecule has 5 heteroatoms. The highest BCUT2D eigenvalue weighted by atomic mass is 16.3. The lowest BCUT2D eigenvalue weighted by Crippen LogP contribution is -2.22. The number of fused-ring (bicyclic) bond motifs is 1. The number of rotatable bonds is 3. The van der Waals surface area contributed by atoms with Gasteiger partial charge in [-0.1, -0.05) is 25.1 Å². The number of hydrogen-bond donors (Lipinski definition) is 3. The van der Waals surface area contributed by atoms with E-state index in [1.54, 1.807) is 16.7 Å². The summed E-state index contributed by atoms with van der Waals surface area (Å²) in [6.45, 7) is 3.73. The maximum Gasteiger partial charge on any atom is 0.234 e. The number of aryl methyl sites for hydroxylation is 1. The van der Waals surface area contributed by atoms with E-state index in [1.165, 1.54) is 12.1 Å². The van der Waals surface area contributed by atoms with E-state index in [9.17, 15) is 15.0 Å². The molecule has 0 radical (unpaired) electrons. The van der Waals surface area contributed by atoms with Crippen molar-refractivity contribution in [3.05, 3.63) is 53.7 Å². The largest absolute Gasteiger partial charge is 0.504 e. The summed E-state index contributed by atoms with van der Waals surface area (Å²) in [5, 5.41) is 19.9. The Morgan fingerprint density at radius 2 is 1.92 bits per heavy atom. The summed E-state index contributed by atoms with van der Waals surface area (Å²) in [5.41, 5.74) is 9.00. The van der Waals surface area contributed by atoms with Crippen LogP contribution in [0.1, 0.15) is 23.0 Å². The lowest BCUT2D eigenvalue weighted by Gasteiger charge is -2.15. The smallest absolute Gasteiger partial charge is 0.234 e. The molecule has 0 aliphatic heterocycles. The Balaban J connectivity index is 1.94. The molecule has 124 valence electrons. The molecule has 0 saturated carbocycles. The van der Waals surface area contributed by atoms with Crippen molar-refractivity contribution in [2.75, 3.05) is 5.73 Å². The first-order valence-corrected chi connectivity index (χ1v) is 7.80. The summed E-state index contributed by atoms with van der Waals surface area (Å²) in [5.74, 6) is -0.701. The number of nitrogens with zero attached hydrogens (tertiary/aromatic N) is 1. The van der Waals surface area contributed by atoms with E-state index in [2.05, 4.69) is 0 Å². The number of aromatic nitrogens is 1. The fraction of sp³-hybridized carbons (Fsp3) is 0.211. The first-order chi connectivity index (χ1) is 11.4. The van der Waals surface area contributed by atoms with Crippen LogP contribution < -0.4 is 5.73 Å². The van der Waals surface area contributed by atoms with Crippen LogP contribution in [0.2, 0.25) is 0 Å². The Morgan fingerprint density at radius 1 is 1.17 bits per heavy atom. The summed E-state index contributed by atoms with van der Waals surface area (Å²) >= 11 is 0. The fourth-order valence-corrected chi connectivity index (χ4v) is 3.06. The van der Waals surface area contributed by atoms with E-state index in [4.69, 9.17) is 5.73 Å². The molecule has 1 atom stereocenters. The van der Waals surface area contributed by atoms with Crippen molar-refractivity contribution in [1.82, 2.24) is 4.57 Å². The van der Waals surface area contributed by atoms with Gasteiger partial charge in [0.2, 0.25) is 5.91 Å². The van der Waals surface area contributed by atoms with Crippen LogP contribution in [-0.4, -0.2) is 20.7 Å². The lowest BCUT2D eigenvalue weighted by atomic mass is 9.99. The average Bonchev–Trinajstić information content (AvgIpc) is 2.87. The monoisotopic (exact) mass is 324 g/mol. The summed E-state index contributed by atoms with van der Waals surface area (Å²) < 4.78 is 1.66. The van der Waals surface area contributed by atoms with E-state index in [0.717, 1.165) is 22.2 Å². The van der Waals surface area contributed by atoms with Crippen molar-refractivity contribution in [2.24, 2.45) is 5.92 Å². The number of benzene rings is 2. The van der Waals surface area contributed by atoms with Crippen molar-refractivity contribution in [1.29, 1.82) is 0 Å². The van der Waals surface area contributed by atoms with Crippen LogP contribution in [0.4, 0.5) is 5.69 Å². The summed E-state index contributed by atoms with van der Waals surface area (Å²) in [4.78, 5) is 12.9. The number of hydrogen-bond acceptors (Lipinski definition) is 4. The highest BCUT2D eigenvalue weighted by molar-refractivity contribution is 6.00. The lowest BCUT2D eigenvalue weighted by molar-refractivity contribution is 0.0848. The number of nitrogens with two attached hydrogens (primary N) is 1. The minimum atomic E-state index is -0.303. The number of carbonyl (C=O) groups is 1. The molecule has 0 bridgehead atoms. The molecule has 0 fully saturated rings. The molecule has 3 rings (SSSR count). The standard InChI is InChI=1S/C19H20N2O3/c1-11(8-13-6-7-16(22)17(23)10-13)19(24)21-12(2)9-14-4-3-5-15(20)18(14)21/h3-7,9-11,22-23H,8,20H2,1-2H3. The Labute approximate surface area is 140 Å². The van der Waals surface area contributed by atoms with Gasteiger partial charge in [0.05, 0.1) is 11.2 Å². The second-order valence-corrected chi connectivity index (χ2v) is 6.17. The van der Waals surface area contributed by atoms with Crippen molar-refractivity contribution < 1.29 is 15.0 Å². The van der Waals surface area contributed by atoms with Crippen molar-refractivity contribution in [2.45, 2.75) is 20.3 Å². The van der Waals surface area contributed by atoms with E-state index >= 15 is 0 Å². The van der Waals surface area contributed by atoms with Gasteiger partial charge in [-0.05, 0) is 43.2 Å². The maximum absolute atomic E-state index is 12.9. The molecular formula is C19H20N2O3. The molecule has 1 aromatic heterocycles. The highest BCUT2D eigenvalue weighted by Crippen LogP contribution is 2.28. The SMILES string of the molecule is Cc1cc2cccc(N)c2n1C(=O)C(C)Cc1ccc(O)c(O)c1. The Morgan fingerprint density at radius 3 is 2.62 bits per heavy atom. The zero-order valence-electron chi connectivity index (χ0n) is 13.7. The molecule has 0 amide bonds. The van der Waals surface area contributed by atoms with Crippen LogP contribution in [0.3, 0.4) is 0 Å². The summed E-state index contributed by atoms with van der Waals surface area (Å²) in [6, 6.07) is 12.1. The molecule has 5 nitrogen and oxygen atoms in total. The fourth-order valence-electron chi connectivity index (χ4n) is 3.06. The van der Waals surface area contributed by atoms with Gasteiger partial charge in [0.1, 0.15) is 0 Å². The van der Waals surface area contributed by atoms with Crippen molar-refractivity contribution in [3.8, 4) is 11.5 Å². The van der Waals surface area contributed by atoms with E-state index < -0.39 is 0 Å². The van der Waals surface area contributed by atoms with Crippen LogP contribution >= 0.6 is 0 Å². The molecule has 1 unspecified atom stereocenters. The molecular weight excluding hydrogens is 304 g/mol. The third-order valence-electron chi connectivity index (χ3n) is 4.26. The number of para-hydroxylation sites is 1. The van der Waals surface area contributed by atoms with E-state index in [1.807, 2.05) is 32.0 Å². The third-order valence-corrected chi connectivity index (χ3v) is 4.26. The van der Waals surface area contributed by atoms with E-state index in [0.29, 0.717) is 12.1 Å². The third kappa shape index (κ3) is 2.69. The Kier molecular flexibility index (Phi) is 3.93. The van der Waals surface area contributed by atoms with Crippen LogP contribution in [0.15, 0.2) is 42.5 Å². The quantitative estimate of drug-likeness (QED) is 0.508. The predicted octanol–water partition coefficient (Wildman–Crippen LogP) is 3.46. The highest BCUT2D eigenvalue weighted by Gasteiger charge is 2.21. The van der Waals surface area contributed by atoms with Gasteiger partial charge in [-0.25, -0.2) is 0 Å². The summed E-state index contributed by atoms with van der Waals surface area (Å²) in [7, 11) is 0. The minimum absolute atomic E-state index is 0.0482. The molecule has 0 aliphatic carbocycles. The zero-order valence-corrected chi connectivity index (χ0v) is 13.7. The minimum Gasteiger partial charge on any atom is -0.504 e. The number of phenolic OH excluding ortho intramolecular Hbond substituents is 2. The topological polar surface area (TPSA) is 88.5 Å². The van der Waals surface area contributed by atoms with Gasteiger partial charge in [0, 0.05) is 17.0 Å². The molecule has 0 spiro atoms. The van der Waals surface area contributed by atoms with Crippen molar-refractivity contribution in [3.63, 3.8) is 0 Å². The molecule has 1 heterocycles. The van der Waals surface area contributed by atoms with Gasteiger partial charge in [0.15, 0.2) is 11.5 Å². The summed E-state index contributed by atoms with van der Waals surface area (Å²) in [6.07, 6.45) is 0.457. The Hall–Kier alpha value is -2.95. The second-order valence-electron chi connectivity index (χ2n) is 6.17. The molecule has 2 aromatic carbocycles. The molecule has 4 N–H and O–H groups in total. The van der Waals surface area contributed by atoms with Gasteiger partial charge in [-0.2, -0.15) is 0 Å². The van der Waals surface area contributed by atoms with Crippen LogP contribution in [0.5, 0.6) is 11.5 Å². The second kappa shape index (κ2) is 5.92. The van der Waals surface area contributed by atoms with Crippen LogP contribution in [0, 0.1) is 12.8 Å². The normalized spacial score (nSPS) is 12.4. The first-order valence-electron chi connectivity index (χ1n) is 7.80. The Bertz CT molecular complexity index is 928. The van der Waals surface area contributed by atoms with Gasteiger partial charge >= 0.3 is 0 Å². The molecule has 0 saturated heterocycles. The first kappa shape index (κ1) is 15.9. The van der Waals surface area contributed by atoms with Gasteiger partial charge in [-0.3, -0.25) is 9.36 Å². The number of carbonyl (C=O) groups excluding carboxylic acids is 1. The van der Waals surface area contributed by atoms with Gasteiger partial charge in [0.25, 0.3) is 0 Å². The zero-order chi connectivity index (χ0) is 17.4. The molecule has 24 heavy (non-hydrogen) atoms. The van der Waals surface area contributed by atoms with Crippen LogP contribution in [-0.2, 0) is 6.42 Å². The number of anilines is 1. The predicted molar refractivity (Wildman–Crippen MR) is 94.4 cm³/mol.